The van der Waals surface area contributed by atoms with Crippen molar-refractivity contribution in [2.45, 2.75) is 44.3 Å². The molecule has 5 nitrogen and oxygen atoms in total. The van der Waals surface area contributed by atoms with Crippen molar-refractivity contribution in [2.75, 3.05) is 7.05 Å². The van der Waals surface area contributed by atoms with Crippen LogP contribution in [0.4, 0.5) is 0 Å². The summed E-state index contributed by atoms with van der Waals surface area (Å²) in [5.74, 6) is -0.318. The number of furan rings is 1. The van der Waals surface area contributed by atoms with Gasteiger partial charge in [-0.25, -0.2) is 4.79 Å². The molecule has 3 N–H and O–H groups in total. The fourth-order valence-corrected chi connectivity index (χ4v) is 2.50. The number of carbonyl (C=O) groups is 1. The van der Waals surface area contributed by atoms with E-state index in [9.17, 15) is 4.79 Å². The summed E-state index contributed by atoms with van der Waals surface area (Å²) in [6, 6.07) is 4.09. The fourth-order valence-electron chi connectivity index (χ4n) is 2.50. The molecule has 0 aromatic carbocycles. The van der Waals surface area contributed by atoms with Gasteiger partial charge in [0, 0.05) is 12.1 Å². The Kier molecular flexibility index (Phi) is 4.04. The average Bonchev–Trinajstić information content (AvgIpc) is 2.78. The van der Waals surface area contributed by atoms with Crippen LogP contribution >= 0.6 is 0 Å². The molecule has 1 saturated carbocycles. The summed E-state index contributed by atoms with van der Waals surface area (Å²) in [4.78, 5) is 12.9. The molecule has 1 aromatic heterocycles. The van der Waals surface area contributed by atoms with Crippen molar-refractivity contribution in [2.24, 2.45) is 5.73 Å². The predicted molar refractivity (Wildman–Crippen MR) is 67.4 cm³/mol. The number of rotatable bonds is 4. The van der Waals surface area contributed by atoms with E-state index in [1.807, 2.05) is 7.05 Å². The zero-order valence-corrected chi connectivity index (χ0v) is 10.6. The summed E-state index contributed by atoms with van der Waals surface area (Å²) in [5, 5.41) is 8.79. The molecule has 0 bridgehead atoms. The normalized spacial score (nSPS) is 24.4. The minimum atomic E-state index is -1.02. The molecule has 0 saturated heterocycles. The maximum absolute atomic E-state index is 10.7. The van der Waals surface area contributed by atoms with Crippen LogP contribution in [0.3, 0.4) is 0 Å². The SMILES string of the molecule is CN(Cc1ccc(C(=O)O)o1)C1CCC(N)CC1. The molecule has 1 fully saturated rings. The molecule has 0 atom stereocenters. The molecule has 100 valence electrons. The smallest absolute Gasteiger partial charge is 0.371 e. The van der Waals surface area contributed by atoms with Crippen LogP contribution in [0, 0.1) is 0 Å². The van der Waals surface area contributed by atoms with Crippen molar-refractivity contribution in [1.82, 2.24) is 4.90 Å². The molecule has 5 heteroatoms. The molecular weight excluding hydrogens is 232 g/mol. The minimum Gasteiger partial charge on any atom is -0.475 e. The van der Waals surface area contributed by atoms with E-state index in [4.69, 9.17) is 15.3 Å². The first kappa shape index (κ1) is 13.1. The molecule has 18 heavy (non-hydrogen) atoms. The van der Waals surface area contributed by atoms with Gasteiger partial charge in [-0.05, 0) is 44.9 Å². The second-order valence-electron chi connectivity index (χ2n) is 5.05. The van der Waals surface area contributed by atoms with Crippen molar-refractivity contribution < 1.29 is 14.3 Å². The van der Waals surface area contributed by atoms with Gasteiger partial charge in [0.2, 0.25) is 5.76 Å². The summed E-state index contributed by atoms with van der Waals surface area (Å²) in [5.41, 5.74) is 5.88. The van der Waals surface area contributed by atoms with Crippen molar-refractivity contribution >= 4 is 5.97 Å². The highest BCUT2D eigenvalue weighted by atomic mass is 16.4. The Morgan fingerprint density at radius 3 is 2.67 bits per heavy atom. The minimum absolute atomic E-state index is 0.00377. The third-order valence-electron chi connectivity index (χ3n) is 3.64. The molecule has 0 radical (unpaired) electrons. The monoisotopic (exact) mass is 252 g/mol. The van der Waals surface area contributed by atoms with Crippen molar-refractivity contribution in [3.8, 4) is 0 Å². The van der Waals surface area contributed by atoms with Gasteiger partial charge in [-0.3, -0.25) is 4.90 Å². The molecule has 2 rings (SSSR count). The van der Waals surface area contributed by atoms with E-state index in [0.717, 1.165) is 25.7 Å². The van der Waals surface area contributed by atoms with E-state index in [1.54, 1.807) is 6.07 Å². The van der Waals surface area contributed by atoms with E-state index in [1.165, 1.54) is 6.07 Å². The number of carboxylic acid groups (broad SMARTS) is 1. The first-order valence-corrected chi connectivity index (χ1v) is 6.34. The lowest BCUT2D eigenvalue weighted by molar-refractivity contribution is 0.0657. The van der Waals surface area contributed by atoms with Gasteiger partial charge >= 0.3 is 5.97 Å². The zero-order chi connectivity index (χ0) is 13.1. The van der Waals surface area contributed by atoms with Crippen LogP contribution in [-0.4, -0.2) is 35.1 Å². The number of nitrogens with zero attached hydrogens (tertiary/aromatic N) is 1. The van der Waals surface area contributed by atoms with Gasteiger partial charge in [0.1, 0.15) is 5.76 Å². The lowest BCUT2D eigenvalue weighted by atomic mass is 9.91. The zero-order valence-electron chi connectivity index (χ0n) is 10.6. The van der Waals surface area contributed by atoms with E-state index in [2.05, 4.69) is 4.90 Å². The van der Waals surface area contributed by atoms with Gasteiger partial charge in [-0.15, -0.1) is 0 Å². The van der Waals surface area contributed by atoms with Crippen LogP contribution in [0.15, 0.2) is 16.5 Å². The van der Waals surface area contributed by atoms with Crippen LogP contribution in [0.2, 0.25) is 0 Å². The third kappa shape index (κ3) is 3.11. The van der Waals surface area contributed by atoms with Gasteiger partial charge in [-0.1, -0.05) is 0 Å². The van der Waals surface area contributed by atoms with Gasteiger partial charge in [0.25, 0.3) is 0 Å². The van der Waals surface area contributed by atoms with Gasteiger partial charge < -0.3 is 15.3 Å². The van der Waals surface area contributed by atoms with Crippen LogP contribution in [0.25, 0.3) is 0 Å². The summed E-state index contributed by atoms with van der Waals surface area (Å²) in [7, 11) is 2.05. The number of aromatic carboxylic acids is 1. The number of carboxylic acids is 1. The molecule has 0 aliphatic heterocycles. The quantitative estimate of drug-likeness (QED) is 0.852. The maximum atomic E-state index is 10.7. The summed E-state index contributed by atoms with van der Waals surface area (Å²) >= 11 is 0. The Morgan fingerprint density at radius 2 is 2.11 bits per heavy atom. The van der Waals surface area contributed by atoms with Crippen LogP contribution in [0.1, 0.15) is 42.0 Å². The van der Waals surface area contributed by atoms with Gasteiger partial charge in [-0.2, -0.15) is 0 Å². The highest BCUT2D eigenvalue weighted by molar-refractivity contribution is 5.84. The first-order chi connectivity index (χ1) is 8.56. The Labute approximate surface area is 107 Å². The molecule has 1 aliphatic rings. The Balaban J connectivity index is 1.90. The van der Waals surface area contributed by atoms with E-state index < -0.39 is 5.97 Å². The number of hydrogen-bond donors (Lipinski definition) is 2. The fraction of sp³-hybridized carbons (Fsp3) is 0.615. The standard InChI is InChI=1S/C13H20N2O3/c1-15(10-4-2-9(14)3-5-10)8-11-6-7-12(18-11)13(16)17/h6-7,9-10H,2-5,8,14H2,1H3,(H,16,17). The first-order valence-electron chi connectivity index (χ1n) is 6.34. The molecule has 1 aromatic rings. The predicted octanol–water partition coefficient (Wildman–Crippen LogP) is 1.68. The van der Waals surface area contributed by atoms with E-state index in [-0.39, 0.29) is 5.76 Å². The summed E-state index contributed by atoms with van der Waals surface area (Å²) in [6.45, 7) is 0.646. The van der Waals surface area contributed by atoms with Crippen molar-refractivity contribution in [1.29, 1.82) is 0 Å². The van der Waals surface area contributed by atoms with Crippen LogP contribution < -0.4 is 5.73 Å². The molecule has 0 spiro atoms. The molecular formula is C13H20N2O3. The third-order valence-corrected chi connectivity index (χ3v) is 3.64. The van der Waals surface area contributed by atoms with Crippen molar-refractivity contribution in [3.05, 3.63) is 23.7 Å². The van der Waals surface area contributed by atoms with E-state index in [0.29, 0.717) is 24.4 Å². The highest BCUT2D eigenvalue weighted by Crippen LogP contribution is 2.22. The van der Waals surface area contributed by atoms with Crippen LogP contribution in [0.5, 0.6) is 0 Å². The van der Waals surface area contributed by atoms with Gasteiger partial charge in [0.05, 0.1) is 6.54 Å². The Bertz CT molecular complexity index is 408. The average molecular weight is 252 g/mol. The van der Waals surface area contributed by atoms with E-state index >= 15 is 0 Å². The Morgan fingerprint density at radius 1 is 1.44 bits per heavy atom. The van der Waals surface area contributed by atoms with Crippen LogP contribution in [-0.2, 0) is 6.54 Å². The maximum Gasteiger partial charge on any atom is 0.371 e. The Hall–Kier alpha value is -1.33. The summed E-state index contributed by atoms with van der Waals surface area (Å²) in [6.07, 6.45) is 4.33. The second-order valence-corrected chi connectivity index (χ2v) is 5.05. The molecule has 1 heterocycles. The molecule has 1 aliphatic carbocycles. The summed E-state index contributed by atoms with van der Waals surface area (Å²) < 4.78 is 5.26. The lowest BCUT2D eigenvalue weighted by Gasteiger charge is -2.32. The number of nitrogens with two attached hydrogens (primary N) is 1. The van der Waals surface area contributed by atoms with Crippen molar-refractivity contribution in [3.63, 3.8) is 0 Å². The number of hydrogen-bond acceptors (Lipinski definition) is 4. The lowest BCUT2D eigenvalue weighted by Crippen LogP contribution is -2.38. The largest absolute Gasteiger partial charge is 0.475 e. The second kappa shape index (κ2) is 5.54. The molecule has 0 unspecified atom stereocenters. The van der Waals surface area contributed by atoms with Gasteiger partial charge in [0.15, 0.2) is 0 Å². The highest BCUT2D eigenvalue weighted by Gasteiger charge is 2.22. The molecule has 0 amide bonds. The topological polar surface area (TPSA) is 79.7 Å².